The van der Waals surface area contributed by atoms with Gasteiger partial charge in [0.25, 0.3) is 5.91 Å². The van der Waals surface area contributed by atoms with Crippen LogP contribution in [0.25, 0.3) is 50.8 Å². The summed E-state index contributed by atoms with van der Waals surface area (Å²) in [5.41, 5.74) is 9.29. The molecule has 0 spiro atoms. The number of nitrogens with one attached hydrogen (secondary N) is 2. The van der Waals surface area contributed by atoms with Crippen LogP contribution in [0.2, 0.25) is 0 Å². The highest BCUT2D eigenvalue weighted by Gasteiger charge is 2.31. The summed E-state index contributed by atoms with van der Waals surface area (Å²) in [6.45, 7) is 4.02. The van der Waals surface area contributed by atoms with Gasteiger partial charge in [0.1, 0.15) is 16.7 Å². The van der Waals surface area contributed by atoms with E-state index in [1.165, 1.54) is 12.0 Å². The third kappa shape index (κ3) is 5.45. The summed E-state index contributed by atoms with van der Waals surface area (Å²) < 4.78 is 25.0. The van der Waals surface area contributed by atoms with Crippen LogP contribution in [0.1, 0.15) is 89.4 Å². The first kappa shape index (κ1) is 31.9. The van der Waals surface area contributed by atoms with Gasteiger partial charge in [-0.3, -0.25) is 14.3 Å². The summed E-state index contributed by atoms with van der Waals surface area (Å²) in [5.74, 6) is 1.19. The van der Waals surface area contributed by atoms with Crippen LogP contribution in [0.5, 0.6) is 5.75 Å². The molecule has 1 aliphatic carbocycles. The van der Waals surface area contributed by atoms with Gasteiger partial charge in [-0.25, -0.2) is 9.19 Å². The highest BCUT2D eigenvalue weighted by molar-refractivity contribution is 7.84. The molecule has 3 aromatic heterocycles. The summed E-state index contributed by atoms with van der Waals surface area (Å²) in [4.78, 5) is 34.2. The van der Waals surface area contributed by atoms with E-state index >= 15 is 0 Å². The number of rotatable bonds is 8. The first-order chi connectivity index (χ1) is 24.3. The number of methoxy groups -OCH3 is 1. The lowest BCUT2D eigenvalue weighted by molar-refractivity contribution is 0.0982. The molecule has 0 saturated heterocycles. The molecule has 1 aliphatic heterocycles. The highest BCUT2D eigenvalue weighted by Crippen LogP contribution is 2.48. The SMILES string of the molecule is COc1ccc2c(c1)C=C(c1c(C=O)cnn1-c1nc3ccccc3[nH]1)Cn1c-2c(C2CCCCC2)c2ccc(C(=O)NS(=O)C(C)C)cc21. The Balaban J connectivity index is 1.38. The van der Waals surface area contributed by atoms with Crippen LogP contribution in [0.4, 0.5) is 0 Å². The van der Waals surface area contributed by atoms with Crippen molar-refractivity contribution in [2.24, 2.45) is 0 Å². The molecule has 3 aromatic carbocycles. The van der Waals surface area contributed by atoms with Crippen LogP contribution < -0.4 is 9.46 Å². The number of aromatic nitrogens is 5. The monoisotopic (exact) mass is 686 g/mol. The maximum absolute atomic E-state index is 13.4. The Hall–Kier alpha value is -5.29. The second kappa shape index (κ2) is 12.9. The van der Waals surface area contributed by atoms with Gasteiger partial charge >= 0.3 is 0 Å². The van der Waals surface area contributed by atoms with Gasteiger partial charge in [-0.2, -0.15) is 9.78 Å². The normalized spacial score (nSPS) is 15.4. The standard InChI is InChI=1S/C39H38N6O4S/c1-23(2)50(48)43-38(47)25-13-15-31-34(19-25)44-21-27(36-28(22-46)20-40-45(36)39-41-32-11-7-8-12-33(32)42-39)17-26-18-29(49-3)14-16-30(26)37(44)35(31)24-9-5-4-6-10-24/h7-8,11-20,22-24H,4-6,9-10,21H2,1-3H3,(H,41,42)(H,43,47). The number of hydrogen-bond donors (Lipinski definition) is 2. The maximum atomic E-state index is 13.4. The molecule has 11 heteroatoms. The number of aldehydes is 1. The number of nitrogens with zero attached hydrogens (tertiary/aromatic N) is 4. The third-order valence-corrected chi connectivity index (χ3v) is 11.2. The smallest absolute Gasteiger partial charge is 0.263 e. The van der Waals surface area contributed by atoms with Gasteiger partial charge in [0.2, 0.25) is 5.95 Å². The van der Waals surface area contributed by atoms with Crippen molar-refractivity contribution < 1.29 is 18.5 Å². The first-order valence-electron chi connectivity index (χ1n) is 17.1. The maximum Gasteiger partial charge on any atom is 0.263 e. The van der Waals surface area contributed by atoms with Crippen LogP contribution in [0.3, 0.4) is 0 Å². The number of hydrogen-bond acceptors (Lipinski definition) is 6. The van der Waals surface area contributed by atoms with E-state index in [1.54, 1.807) is 18.0 Å². The van der Waals surface area contributed by atoms with E-state index in [0.29, 0.717) is 35.2 Å². The molecule has 1 atom stereocenters. The zero-order valence-electron chi connectivity index (χ0n) is 28.2. The van der Waals surface area contributed by atoms with Crippen molar-refractivity contribution in [3.05, 3.63) is 94.8 Å². The highest BCUT2D eigenvalue weighted by atomic mass is 32.2. The van der Waals surface area contributed by atoms with E-state index < -0.39 is 11.0 Å². The lowest BCUT2D eigenvalue weighted by atomic mass is 9.81. The van der Waals surface area contributed by atoms with Gasteiger partial charge < -0.3 is 14.3 Å². The zero-order valence-corrected chi connectivity index (χ0v) is 29.0. The quantitative estimate of drug-likeness (QED) is 0.159. The molecule has 1 fully saturated rings. The van der Waals surface area contributed by atoms with E-state index in [1.807, 2.05) is 62.4 Å². The second-order valence-electron chi connectivity index (χ2n) is 13.4. The Kier molecular flexibility index (Phi) is 8.22. The fourth-order valence-electron chi connectivity index (χ4n) is 7.56. The molecule has 6 aromatic rings. The molecule has 4 heterocycles. The van der Waals surface area contributed by atoms with Crippen molar-refractivity contribution in [1.82, 2.24) is 29.0 Å². The van der Waals surface area contributed by atoms with Crippen molar-refractivity contribution in [1.29, 1.82) is 0 Å². The Morgan fingerprint density at radius 3 is 2.64 bits per heavy atom. The molecule has 0 bridgehead atoms. The van der Waals surface area contributed by atoms with Crippen LogP contribution in [-0.4, -0.2) is 53.1 Å². The minimum absolute atomic E-state index is 0.213. The predicted octanol–water partition coefficient (Wildman–Crippen LogP) is 7.60. The topological polar surface area (TPSA) is 124 Å². The predicted molar refractivity (Wildman–Crippen MR) is 197 cm³/mol. The minimum atomic E-state index is -1.51. The summed E-state index contributed by atoms with van der Waals surface area (Å²) in [6.07, 6.45) is 10.2. The number of H-pyrrole nitrogens is 1. The number of aromatic amines is 1. The average Bonchev–Trinajstić information content (AvgIpc) is 3.82. The minimum Gasteiger partial charge on any atom is -0.497 e. The number of amides is 1. The number of para-hydroxylation sites is 2. The Morgan fingerprint density at radius 2 is 1.88 bits per heavy atom. The van der Waals surface area contributed by atoms with Gasteiger partial charge in [0.15, 0.2) is 6.29 Å². The first-order valence-corrected chi connectivity index (χ1v) is 18.3. The van der Waals surface area contributed by atoms with Crippen molar-refractivity contribution in [3.63, 3.8) is 0 Å². The van der Waals surface area contributed by atoms with Gasteiger partial charge in [0.05, 0.1) is 47.8 Å². The Labute approximate surface area is 292 Å². The fraction of sp³-hybridized carbons (Fsp3) is 0.282. The molecule has 1 amide bonds. The largest absolute Gasteiger partial charge is 0.497 e. The molecule has 10 nitrogen and oxygen atoms in total. The second-order valence-corrected chi connectivity index (χ2v) is 15.1. The van der Waals surface area contributed by atoms with Gasteiger partial charge in [0, 0.05) is 27.3 Å². The molecule has 0 radical (unpaired) electrons. The van der Waals surface area contributed by atoms with E-state index in [-0.39, 0.29) is 11.2 Å². The fourth-order valence-corrected chi connectivity index (χ4v) is 8.10. The number of fused-ring (bicyclic) bond motifs is 6. The van der Waals surface area contributed by atoms with Crippen molar-refractivity contribution in [3.8, 4) is 23.0 Å². The van der Waals surface area contributed by atoms with Gasteiger partial charge in [-0.15, -0.1) is 0 Å². The van der Waals surface area contributed by atoms with Crippen molar-refractivity contribution >= 4 is 56.8 Å². The number of benzene rings is 3. The lowest BCUT2D eigenvalue weighted by Crippen LogP contribution is -2.30. The lowest BCUT2D eigenvalue weighted by Gasteiger charge is -2.24. The molecular formula is C39H38N6O4S. The van der Waals surface area contributed by atoms with Gasteiger partial charge in [-0.05, 0) is 97.8 Å². The van der Waals surface area contributed by atoms with E-state index in [9.17, 15) is 13.8 Å². The van der Waals surface area contributed by atoms with E-state index in [4.69, 9.17) is 9.72 Å². The van der Waals surface area contributed by atoms with Crippen LogP contribution in [0, 0.1) is 0 Å². The number of allylic oxidation sites excluding steroid dienone is 1. The van der Waals surface area contributed by atoms with E-state index in [0.717, 1.165) is 82.0 Å². The average molecular weight is 687 g/mol. The van der Waals surface area contributed by atoms with E-state index in [2.05, 4.69) is 37.6 Å². The molecule has 2 N–H and O–H groups in total. The van der Waals surface area contributed by atoms with Crippen molar-refractivity contribution in [2.45, 2.75) is 63.7 Å². The summed E-state index contributed by atoms with van der Waals surface area (Å²) in [5, 5.41) is 5.54. The number of imidazole rings is 1. The Bertz CT molecular complexity index is 2320. The van der Waals surface area contributed by atoms with Crippen LogP contribution in [-0.2, 0) is 17.5 Å². The number of ether oxygens (including phenoxy) is 1. The zero-order chi connectivity index (χ0) is 34.5. The van der Waals surface area contributed by atoms with Crippen molar-refractivity contribution in [2.75, 3.05) is 7.11 Å². The molecule has 50 heavy (non-hydrogen) atoms. The summed E-state index contributed by atoms with van der Waals surface area (Å²) >= 11 is 0. The molecular weight excluding hydrogens is 649 g/mol. The Morgan fingerprint density at radius 1 is 1.06 bits per heavy atom. The molecule has 2 aliphatic rings. The summed E-state index contributed by atoms with van der Waals surface area (Å²) in [7, 11) is 0.152. The third-order valence-electron chi connectivity index (χ3n) is 9.98. The molecule has 1 saturated carbocycles. The molecule has 1 unspecified atom stereocenters. The summed E-state index contributed by atoms with van der Waals surface area (Å²) in [6, 6.07) is 19.7. The molecule has 8 rings (SSSR count). The number of carbonyl (C=O) groups is 2. The van der Waals surface area contributed by atoms with Crippen LogP contribution in [0.15, 0.2) is 66.9 Å². The van der Waals surface area contributed by atoms with Crippen LogP contribution >= 0.6 is 0 Å². The number of carbonyl (C=O) groups excluding carboxylic acids is 2. The van der Waals surface area contributed by atoms with Gasteiger partial charge in [-0.1, -0.05) is 37.5 Å². The molecule has 254 valence electrons.